The molecule has 3 unspecified atom stereocenters. The highest BCUT2D eigenvalue weighted by Gasteiger charge is 2.42. The smallest absolute Gasteiger partial charge is 0.237 e. The second-order valence-electron chi connectivity index (χ2n) is 6.69. The molecule has 1 rings (SSSR count). The molecule has 1 aliphatic carbocycles. The van der Waals surface area contributed by atoms with E-state index in [1.165, 1.54) is 12.8 Å². The van der Waals surface area contributed by atoms with E-state index in [1.54, 1.807) is 0 Å². The minimum Gasteiger partial charge on any atom is -0.378 e. The van der Waals surface area contributed by atoms with E-state index in [0.29, 0.717) is 12.3 Å². The van der Waals surface area contributed by atoms with Crippen LogP contribution in [0.15, 0.2) is 0 Å². The Morgan fingerprint density at radius 3 is 2.70 bits per heavy atom. The summed E-state index contributed by atoms with van der Waals surface area (Å²) in [4.78, 5) is 11.9. The third kappa shape index (κ3) is 5.06. The van der Waals surface area contributed by atoms with E-state index in [-0.39, 0.29) is 18.1 Å². The van der Waals surface area contributed by atoms with Crippen molar-refractivity contribution in [2.75, 3.05) is 6.61 Å². The number of hydrogen-bond acceptors (Lipinski definition) is 3. The average molecular weight is 284 g/mol. The second-order valence-corrected chi connectivity index (χ2v) is 6.69. The Kier molecular flexibility index (Phi) is 6.96. The van der Waals surface area contributed by atoms with Gasteiger partial charge < -0.3 is 15.8 Å². The minimum absolute atomic E-state index is 0.154. The molecule has 1 aliphatic rings. The van der Waals surface area contributed by atoms with Gasteiger partial charge in [0.15, 0.2) is 0 Å². The van der Waals surface area contributed by atoms with Crippen LogP contribution >= 0.6 is 0 Å². The highest BCUT2D eigenvalue weighted by molar-refractivity contribution is 5.84. The first-order valence-corrected chi connectivity index (χ1v) is 8.09. The molecular weight excluding hydrogens is 252 g/mol. The van der Waals surface area contributed by atoms with Gasteiger partial charge in [-0.1, -0.05) is 20.3 Å². The first-order valence-electron chi connectivity index (χ1n) is 8.09. The lowest BCUT2D eigenvalue weighted by atomic mass is 9.79. The second kappa shape index (κ2) is 7.99. The lowest BCUT2D eigenvalue weighted by Gasteiger charge is -2.40. The van der Waals surface area contributed by atoms with Gasteiger partial charge in [-0.3, -0.25) is 4.79 Å². The molecule has 3 N–H and O–H groups in total. The van der Waals surface area contributed by atoms with Crippen molar-refractivity contribution in [3.8, 4) is 0 Å². The van der Waals surface area contributed by atoms with E-state index in [9.17, 15) is 4.79 Å². The first-order chi connectivity index (χ1) is 9.39. The molecule has 1 saturated carbocycles. The third-order valence-corrected chi connectivity index (χ3v) is 4.14. The summed E-state index contributed by atoms with van der Waals surface area (Å²) in [7, 11) is 0. The van der Waals surface area contributed by atoms with Crippen LogP contribution in [0.3, 0.4) is 0 Å². The Balaban J connectivity index is 2.56. The zero-order valence-corrected chi connectivity index (χ0v) is 13.6. The lowest BCUT2D eigenvalue weighted by Crippen LogP contribution is -2.60. The van der Waals surface area contributed by atoms with Gasteiger partial charge in [0.25, 0.3) is 0 Å². The highest BCUT2D eigenvalue weighted by Crippen LogP contribution is 2.31. The topological polar surface area (TPSA) is 64.3 Å². The summed E-state index contributed by atoms with van der Waals surface area (Å²) in [5, 5.41) is 3.38. The number of rotatable bonds is 8. The number of nitrogens with one attached hydrogen (secondary N) is 1. The molecule has 1 fully saturated rings. The molecule has 0 aromatic heterocycles. The number of amides is 1. The maximum atomic E-state index is 11.9. The predicted molar refractivity (Wildman–Crippen MR) is 82.5 cm³/mol. The van der Waals surface area contributed by atoms with Crippen LogP contribution in [0.25, 0.3) is 0 Å². The predicted octanol–water partition coefficient (Wildman–Crippen LogP) is 2.60. The molecule has 0 saturated heterocycles. The SMILES string of the molecule is CCCC(C)COC1CCCC(NC(C)C)(C(N)=O)C1. The number of carbonyl (C=O) groups excluding carboxylic acids is 1. The van der Waals surface area contributed by atoms with Gasteiger partial charge in [0.05, 0.1) is 6.10 Å². The Labute approximate surface area is 123 Å². The zero-order valence-electron chi connectivity index (χ0n) is 13.6. The van der Waals surface area contributed by atoms with Crippen molar-refractivity contribution in [3.05, 3.63) is 0 Å². The number of ether oxygens (including phenoxy) is 1. The van der Waals surface area contributed by atoms with Crippen molar-refractivity contribution < 1.29 is 9.53 Å². The number of primary amides is 1. The molecule has 20 heavy (non-hydrogen) atoms. The largest absolute Gasteiger partial charge is 0.378 e. The molecule has 0 bridgehead atoms. The summed E-state index contributed by atoms with van der Waals surface area (Å²) in [5.41, 5.74) is 5.08. The van der Waals surface area contributed by atoms with Crippen LogP contribution in [0.2, 0.25) is 0 Å². The van der Waals surface area contributed by atoms with Crippen LogP contribution in [0.5, 0.6) is 0 Å². The van der Waals surface area contributed by atoms with Crippen molar-refractivity contribution in [1.82, 2.24) is 5.32 Å². The normalized spacial score (nSPS) is 28.6. The van der Waals surface area contributed by atoms with E-state index in [4.69, 9.17) is 10.5 Å². The van der Waals surface area contributed by atoms with Crippen molar-refractivity contribution in [2.24, 2.45) is 11.7 Å². The van der Waals surface area contributed by atoms with E-state index in [2.05, 4.69) is 33.0 Å². The summed E-state index contributed by atoms with van der Waals surface area (Å²) < 4.78 is 6.04. The molecule has 118 valence electrons. The fourth-order valence-corrected chi connectivity index (χ4v) is 3.22. The number of nitrogens with two attached hydrogens (primary N) is 1. The fraction of sp³-hybridized carbons (Fsp3) is 0.938. The highest BCUT2D eigenvalue weighted by atomic mass is 16.5. The van der Waals surface area contributed by atoms with Crippen LogP contribution in [-0.2, 0) is 9.53 Å². The molecule has 1 amide bonds. The monoisotopic (exact) mass is 284 g/mol. The Bertz CT molecular complexity index is 307. The van der Waals surface area contributed by atoms with Gasteiger partial charge in [0.1, 0.15) is 5.54 Å². The van der Waals surface area contributed by atoms with Crippen LogP contribution in [0.1, 0.15) is 66.2 Å². The minimum atomic E-state index is -0.578. The number of carbonyl (C=O) groups is 1. The van der Waals surface area contributed by atoms with E-state index < -0.39 is 5.54 Å². The maximum Gasteiger partial charge on any atom is 0.237 e. The van der Waals surface area contributed by atoms with Crippen molar-refractivity contribution >= 4 is 5.91 Å². The van der Waals surface area contributed by atoms with Crippen molar-refractivity contribution in [1.29, 1.82) is 0 Å². The average Bonchev–Trinajstić information content (AvgIpc) is 2.36. The fourth-order valence-electron chi connectivity index (χ4n) is 3.22. The van der Waals surface area contributed by atoms with Gasteiger partial charge in [-0.25, -0.2) is 0 Å². The summed E-state index contributed by atoms with van der Waals surface area (Å²) in [5.74, 6) is 0.351. The van der Waals surface area contributed by atoms with Gasteiger partial charge in [-0.05, 0) is 45.4 Å². The van der Waals surface area contributed by atoms with Crippen LogP contribution < -0.4 is 11.1 Å². The van der Waals surface area contributed by atoms with Gasteiger partial charge in [-0.2, -0.15) is 0 Å². The van der Waals surface area contributed by atoms with Crippen LogP contribution in [-0.4, -0.2) is 30.2 Å². The molecule has 4 heteroatoms. The quantitative estimate of drug-likeness (QED) is 0.720. The van der Waals surface area contributed by atoms with Crippen LogP contribution in [0, 0.1) is 5.92 Å². The third-order valence-electron chi connectivity index (χ3n) is 4.14. The molecule has 0 spiro atoms. The summed E-state index contributed by atoms with van der Waals surface area (Å²) in [6.45, 7) is 9.31. The van der Waals surface area contributed by atoms with Crippen molar-refractivity contribution in [3.63, 3.8) is 0 Å². The summed E-state index contributed by atoms with van der Waals surface area (Å²) in [6, 6.07) is 0.250. The van der Waals surface area contributed by atoms with Crippen molar-refractivity contribution in [2.45, 2.75) is 83.9 Å². The summed E-state index contributed by atoms with van der Waals surface area (Å²) >= 11 is 0. The number of hydrogen-bond donors (Lipinski definition) is 2. The Hall–Kier alpha value is -0.610. The molecule has 0 heterocycles. The van der Waals surface area contributed by atoms with E-state index >= 15 is 0 Å². The lowest BCUT2D eigenvalue weighted by molar-refractivity contribution is -0.129. The van der Waals surface area contributed by atoms with Gasteiger partial charge in [0.2, 0.25) is 5.91 Å². The maximum absolute atomic E-state index is 11.9. The molecule has 0 aromatic carbocycles. The van der Waals surface area contributed by atoms with Crippen LogP contribution in [0.4, 0.5) is 0 Å². The molecule has 4 nitrogen and oxygen atoms in total. The van der Waals surface area contributed by atoms with Gasteiger partial charge >= 0.3 is 0 Å². The Morgan fingerprint density at radius 2 is 2.15 bits per heavy atom. The summed E-state index contributed by atoms with van der Waals surface area (Å²) in [6.07, 6.45) is 6.10. The van der Waals surface area contributed by atoms with Gasteiger partial charge in [-0.15, -0.1) is 0 Å². The van der Waals surface area contributed by atoms with Gasteiger partial charge in [0, 0.05) is 19.1 Å². The molecule has 0 aromatic rings. The zero-order chi connectivity index (χ0) is 15.2. The standard InChI is InChI=1S/C16H32N2O2/c1-5-7-13(4)11-20-14-8-6-9-16(10-14,15(17)19)18-12(2)3/h12-14,18H,5-11H2,1-4H3,(H2,17,19). The molecular formula is C16H32N2O2. The van der Waals surface area contributed by atoms with E-state index in [1.807, 2.05) is 0 Å². The Morgan fingerprint density at radius 1 is 1.45 bits per heavy atom. The molecule has 3 atom stereocenters. The molecule has 0 radical (unpaired) electrons. The van der Waals surface area contributed by atoms with E-state index in [0.717, 1.165) is 25.9 Å². The molecule has 0 aliphatic heterocycles. The first kappa shape index (κ1) is 17.4.